The topological polar surface area (TPSA) is 108 Å². The maximum absolute atomic E-state index is 14.0. The number of hydrogen-bond acceptors (Lipinski definition) is 6. The first kappa shape index (κ1) is 26.8. The Labute approximate surface area is 217 Å². The molecule has 0 aromatic heterocycles. The second-order valence-corrected chi connectivity index (χ2v) is 12.0. The molecule has 6 atom stereocenters. The number of carbonyl (C=O) groups is 3. The molecule has 4 rings (SSSR count). The maximum Gasteiger partial charge on any atom is 0.244 e. The number of anilines is 1. The monoisotopic (exact) mass is 517 g/mol. The van der Waals surface area contributed by atoms with Crippen molar-refractivity contribution in [2.75, 3.05) is 25.1 Å². The smallest absolute Gasteiger partial charge is 0.244 e. The largest absolute Gasteiger partial charge is 0.494 e. The fraction of sp³-hybridized carbons (Fsp3) is 0.667. The molecule has 198 valence electrons. The molecule has 1 spiro atoms. The van der Waals surface area contributed by atoms with Crippen molar-refractivity contribution in [3.05, 3.63) is 24.3 Å². The Bertz CT molecular complexity index is 971. The van der Waals surface area contributed by atoms with Gasteiger partial charge in [-0.2, -0.15) is 0 Å². The lowest BCUT2D eigenvalue weighted by molar-refractivity contribution is -0.139. The number of rotatable bonds is 11. The Morgan fingerprint density at radius 2 is 1.92 bits per heavy atom. The van der Waals surface area contributed by atoms with E-state index in [-0.39, 0.29) is 41.5 Å². The minimum atomic E-state index is -0.613. The van der Waals surface area contributed by atoms with Crippen LogP contribution in [0.3, 0.4) is 0 Å². The summed E-state index contributed by atoms with van der Waals surface area (Å²) in [6, 6.07) is 6.62. The minimum Gasteiger partial charge on any atom is -0.494 e. The molecule has 3 amide bonds. The zero-order chi connectivity index (χ0) is 26.0. The first-order valence-corrected chi connectivity index (χ1v) is 14.1. The van der Waals surface area contributed by atoms with Gasteiger partial charge < -0.3 is 25.4 Å². The lowest BCUT2D eigenvalue weighted by atomic mass is 9.66. The first-order valence-electron chi connectivity index (χ1n) is 13.2. The summed E-state index contributed by atoms with van der Waals surface area (Å²) in [5.74, 6) is -0.510. The average molecular weight is 518 g/mol. The number of carbonyl (C=O) groups excluding carboxylic acids is 3. The Balaban J connectivity index is 1.61. The number of fused-ring (bicyclic) bond motifs is 1. The molecular formula is C27H39N3O5S. The molecule has 1 aromatic carbocycles. The quantitative estimate of drug-likeness (QED) is 0.390. The molecule has 0 saturated carbocycles. The van der Waals surface area contributed by atoms with Crippen molar-refractivity contribution in [3.8, 4) is 5.75 Å². The number of amides is 3. The van der Waals surface area contributed by atoms with Crippen molar-refractivity contribution in [1.29, 1.82) is 0 Å². The van der Waals surface area contributed by atoms with Crippen LogP contribution in [0.15, 0.2) is 24.3 Å². The molecule has 3 saturated heterocycles. The number of hydrogen-bond donors (Lipinski definition) is 3. The van der Waals surface area contributed by atoms with Crippen LogP contribution < -0.4 is 15.4 Å². The zero-order valence-corrected chi connectivity index (χ0v) is 22.5. The lowest BCUT2D eigenvalue weighted by Crippen LogP contribution is -2.57. The molecule has 3 N–H and O–H groups in total. The molecule has 8 nitrogen and oxygen atoms in total. The van der Waals surface area contributed by atoms with Gasteiger partial charge in [-0.1, -0.05) is 6.92 Å². The average Bonchev–Trinajstić information content (AvgIpc) is 3.41. The number of likely N-dealkylation sites (tertiary alicyclic amines) is 1. The van der Waals surface area contributed by atoms with E-state index in [1.165, 1.54) is 0 Å². The Morgan fingerprint density at radius 3 is 2.56 bits per heavy atom. The van der Waals surface area contributed by atoms with E-state index < -0.39 is 22.6 Å². The van der Waals surface area contributed by atoms with E-state index in [4.69, 9.17) is 9.84 Å². The van der Waals surface area contributed by atoms with Crippen molar-refractivity contribution < 1.29 is 24.2 Å². The number of aliphatic hydroxyl groups is 1. The molecule has 3 fully saturated rings. The van der Waals surface area contributed by atoms with Gasteiger partial charge in [0.1, 0.15) is 11.8 Å². The van der Waals surface area contributed by atoms with Gasteiger partial charge in [0.2, 0.25) is 17.7 Å². The number of nitrogens with one attached hydrogen (secondary N) is 2. The number of benzene rings is 1. The van der Waals surface area contributed by atoms with Crippen LogP contribution >= 0.6 is 11.8 Å². The molecule has 2 bridgehead atoms. The Hall–Kier alpha value is -2.26. The van der Waals surface area contributed by atoms with Gasteiger partial charge in [-0.15, -0.1) is 11.8 Å². The van der Waals surface area contributed by atoms with E-state index in [2.05, 4.69) is 17.6 Å². The van der Waals surface area contributed by atoms with E-state index >= 15 is 0 Å². The molecule has 3 unspecified atom stereocenters. The number of aliphatic hydroxyl groups excluding tert-OH is 1. The van der Waals surface area contributed by atoms with E-state index in [1.807, 2.05) is 45.0 Å². The second kappa shape index (κ2) is 11.0. The normalized spacial score (nSPS) is 30.6. The summed E-state index contributed by atoms with van der Waals surface area (Å²) in [6.45, 7) is 9.02. The van der Waals surface area contributed by atoms with Crippen LogP contribution in [0.25, 0.3) is 0 Å². The van der Waals surface area contributed by atoms with Crippen LogP contribution in [0, 0.1) is 17.8 Å². The molecule has 1 aromatic rings. The fourth-order valence-corrected chi connectivity index (χ4v) is 8.74. The Kier molecular flexibility index (Phi) is 8.19. The van der Waals surface area contributed by atoms with Gasteiger partial charge in [-0.25, -0.2) is 0 Å². The van der Waals surface area contributed by atoms with E-state index in [0.717, 1.165) is 18.6 Å². The van der Waals surface area contributed by atoms with Gasteiger partial charge in [-0.05, 0) is 76.6 Å². The third-order valence-corrected chi connectivity index (χ3v) is 9.79. The van der Waals surface area contributed by atoms with Crippen LogP contribution in [0.4, 0.5) is 5.69 Å². The van der Waals surface area contributed by atoms with Gasteiger partial charge in [0, 0.05) is 30.1 Å². The van der Waals surface area contributed by atoms with E-state index in [9.17, 15) is 14.4 Å². The number of unbranched alkanes of at least 4 members (excludes halogenated alkanes) is 2. The fourth-order valence-electron chi connectivity index (χ4n) is 6.32. The summed E-state index contributed by atoms with van der Waals surface area (Å²) in [5.41, 5.74) is 0.665. The van der Waals surface area contributed by atoms with Crippen molar-refractivity contribution >= 4 is 35.2 Å². The van der Waals surface area contributed by atoms with Crippen molar-refractivity contribution in [2.24, 2.45) is 17.8 Å². The standard InChI is InChI=1S/C27H39N3O5S/c1-5-35-19-11-9-18(10-12-19)29-24(32)21-20-15-17(4)27(36-20)22(21)26(34)30(13-7-6-8-14-31)23(27)25(33)28-16(2)3/h9-12,16-17,20-23,31H,5-8,13-15H2,1-4H3,(H,28,33)(H,29,32)/t17?,20-,21+,22-,23?,27?/m0/s1. The van der Waals surface area contributed by atoms with Crippen LogP contribution in [0.2, 0.25) is 0 Å². The second-order valence-electron chi connectivity index (χ2n) is 10.5. The molecule has 3 aliphatic rings. The third-order valence-electron chi connectivity index (χ3n) is 7.72. The molecule has 9 heteroatoms. The maximum atomic E-state index is 14.0. The molecular weight excluding hydrogens is 478 g/mol. The van der Waals surface area contributed by atoms with Crippen LogP contribution in [-0.2, 0) is 14.4 Å². The van der Waals surface area contributed by atoms with E-state index in [1.54, 1.807) is 16.7 Å². The molecule has 3 heterocycles. The molecule has 0 radical (unpaired) electrons. The van der Waals surface area contributed by atoms with Crippen molar-refractivity contribution in [3.63, 3.8) is 0 Å². The summed E-state index contributed by atoms with van der Waals surface area (Å²) >= 11 is 1.68. The molecule has 0 aliphatic carbocycles. The van der Waals surface area contributed by atoms with Crippen LogP contribution in [0.5, 0.6) is 5.75 Å². The molecule has 3 aliphatic heterocycles. The van der Waals surface area contributed by atoms with Gasteiger partial charge in [-0.3, -0.25) is 14.4 Å². The van der Waals surface area contributed by atoms with Crippen LogP contribution in [-0.4, -0.2) is 69.6 Å². The van der Waals surface area contributed by atoms with E-state index in [0.29, 0.717) is 31.7 Å². The Morgan fingerprint density at radius 1 is 1.19 bits per heavy atom. The summed E-state index contributed by atoms with van der Waals surface area (Å²) in [6.07, 6.45) is 2.97. The summed E-state index contributed by atoms with van der Waals surface area (Å²) in [5, 5.41) is 15.2. The van der Waals surface area contributed by atoms with Gasteiger partial charge in [0.15, 0.2) is 0 Å². The number of thioether (sulfide) groups is 1. The lowest BCUT2D eigenvalue weighted by Gasteiger charge is -2.39. The predicted octanol–water partition coefficient (Wildman–Crippen LogP) is 3.05. The first-order chi connectivity index (χ1) is 17.2. The van der Waals surface area contributed by atoms with Crippen LogP contribution in [0.1, 0.15) is 53.4 Å². The van der Waals surface area contributed by atoms with Crippen molar-refractivity contribution in [2.45, 2.75) is 75.5 Å². The van der Waals surface area contributed by atoms with Gasteiger partial charge in [0.05, 0.1) is 23.2 Å². The highest BCUT2D eigenvalue weighted by atomic mass is 32.2. The molecule has 36 heavy (non-hydrogen) atoms. The zero-order valence-electron chi connectivity index (χ0n) is 21.7. The van der Waals surface area contributed by atoms with Gasteiger partial charge in [0.25, 0.3) is 0 Å². The van der Waals surface area contributed by atoms with Crippen molar-refractivity contribution in [1.82, 2.24) is 10.2 Å². The summed E-state index contributed by atoms with van der Waals surface area (Å²) in [7, 11) is 0. The predicted molar refractivity (Wildman–Crippen MR) is 141 cm³/mol. The number of nitrogens with zero attached hydrogens (tertiary/aromatic N) is 1. The third kappa shape index (κ3) is 4.72. The highest BCUT2D eigenvalue weighted by Gasteiger charge is 2.75. The summed E-state index contributed by atoms with van der Waals surface area (Å²) < 4.78 is 4.88. The number of ether oxygens (including phenoxy) is 1. The van der Waals surface area contributed by atoms with Gasteiger partial charge >= 0.3 is 0 Å². The SMILES string of the molecule is CCOc1ccc(NC(=O)[C@@H]2[C@@H]3CC(C)C4(S3)C(C(=O)NC(C)C)N(CCCCCO)C(=O)[C@H]24)cc1. The minimum absolute atomic E-state index is 0.00235. The summed E-state index contributed by atoms with van der Waals surface area (Å²) in [4.78, 5) is 42.9. The highest BCUT2D eigenvalue weighted by molar-refractivity contribution is 8.02. The highest BCUT2D eigenvalue weighted by Crippen LogP contribution is 2.68.